The van der Waals surface area contributed by atoms with Crippen molar-refractivity contribution in [3.05, 3.63) is 12.2 Å². The summed E-state index contributed by atoms with van der Waals surface area (Å²) < 4.78 is 32.5. The predicted molar refractivity (Wildman–Crippen MR) is 143 cm³/mol. The van der Waals surface area contributed by atoms with Crippen LogP contribution in [-0.2, 0) is 29.1 Å². The smallest absolute Gasteiger partial charge is 0.407 e. The lowest BCUT2D eigenvalue weighted by Crippen LogP contribution is -2.57. The van der Waals surface area contributed by atoms with Crippen LogP contribution in [-0.4, -0.2) is 78.2 Å². The molecule has 2 saturated carbocycles. The van der Waals surface area contributed by atoms with Gasteiger partial charge in [-0.1, -0.05) is 25.0 Å². The molecule has 12 nitrogen and oxygen atoms in total. The summed E-state index contributed by atoms with van der Waals surface area (Å²) in [5.41, 5.74) is 4.07. The number of amides is 4. The Morgan fingerprint density at radius 1 is 1.15 bits per heavy atom. The Morgan fingerprint density at radius 3 is 2.54 bits per heavy atom. The van der Waals surface area contributed by atoms with E-state index < -0.39 is 68.4 Å². The third-order valence-corrected chi connectivity index (χ3v) is 9.46. The second kappa shape index (κ2) is 11.1. The number of nitrogens with one attached hydrogen (secondary N) is 3. The van der Waals surface area contributed by atoms with Crippen molar-refractivity contribution >= 4 is 33.8 Å². The number of alkyl carbamates (subject to hydrolysis) is 1. The number of nitrogens with two attached hydrogens (primary N) is 1. The quantitative estimate of drug-likeness (QED) is 0.361. The normalized spacial score (nSPS) is 33.0. The molecule has 4 amide bonds. The molecule has 218 valence electrons. The first-order valence-electron chi connectivity index (χ1n) is 13.8. The maximum Gasteiger partial charge on any atom is 0.407 e. The molecule has 5 N–H and O–H groups in total. The Labute approximate surface area is 229 Å². The van der Waals surface area contributed by atoms with E-state index in [2.05, 4.69) is 15.4 Å². The SMILES string of the molecule is CC(C)(C)OC(=O)N[C@@H]1C[C@H]2C(=O)N[C@]3(C(=O)NS(=O)(=O)C4CC4)C[C@H]3/C=C\CCCCC[C@H](N)C(=O)N2C1. The Bertz CT molecular complexity index is 1130. The van der Waals surface area contributed by atoms with Crippen LogP contribution in [0.4, 0.5) is 4.79 Å². The predicted octanol–water partition coefficient (Wildman–Crippen LogP) is 0.812. The molecule has 0 aromatic carbocycles. The molecule has 4 rings (SSSR count). The number of hydrogen-bond donors (Lipinski definition) is 4. The Kier molecular flexibility index (Phi) is 8.32. The number of sulfonamides is 1. The first-order valence-corrected chi connectivity index (χ1v) is 15.4. The number of nitrogens with zero attached hydrogens (tertiary/aromatic N) is 1. The first-order chi connectivity index (χ1) is 18.2. The van der Waals surface area contributed by atoms with Crippen LogP contribution in [0, 0.1) is 5.92 Å². The summed E-state index contributed by atoms with van der Waals surface area (Å²) in [4.78, 5) is 54.1. The van der Waals surface area contributed by atoms with Gasteiger partial charge in [-0.3, -0.25) is 19.1 Å². The van der Waals surface area contributed by atoms with Crippen LogP contribution in [0.25, 0.3) is 0 Å². The van der Waals surface area contributed by atoms with Crippen molar-refractivity contribution in [2.75, 3.05) is 6.54 Å². The second-order valence-corrected chi connectivity index (χ2v) is 14.2. The van der Waals surface area contributed by atoms with Gasteiger partial charge in [-0.2, -0.15) is 0 Å². The van der Waals surface area contributed by atoms with Gasteiger partial charge >= 0.3 is 6.09 Å². The molecule has 0 unspecified atom stereocenters. The average Bonchev–Trinajstić information content (AvgIpc) is 3.73. The lowest BCUT2D eigenvalue weighted by atomic mass is 10.1. The summed E-state index contributed by atoms with van der Waals surface area (Å²) in [6.45, 7) is 5.25. The molecular formula is C26H41N5O7S. The zero-order valence-electron chi connectivity index (χ0n) is 22.9. The van der Waals surface area contributed by atoms with Crippen LogP contribution in [0.15, 0.2) is 12.2 Å². The van der Waals surface area contributed by atoms with E-state index in [9.17, 15) is 27.6 Å². The number of ether oxygens (including phenoxy) is 1. The Balaban J connectivity index is 1.56. The lowest BCUT2D eigenvalue weighted by molar-refractivity contribution is -0.140. The second-order valence-electron chi connectivity index (χ2n) is 12.2. The van der Waals surface area contributed by atoms with Crippen molar-refractivity contribution < 1.29 is 32.3 Å². The van der Waals surface area contributed by atoms with E-state index in [1.165, 1.54) is 4.90 Å². The summed E-state index contributed by atoms with van der Waals surface area (Å²) in [6.07, 6.45) is 8.21. The van der Waals surface area contributed by atoms with E-state index in [0.717, 1.165) is 25.7 Å². The van der Waals surface area contributed by atoms with Gasteiger partial charge < -0.3 is 26.0 Å². The third-order valence-electron chi connectivity index (χ3n) is 7.64. The van der Waals surface area contributed by atoms with Gasteiger partial charge in [-0.15, -0.1) is 0 Å². The van der Waals surface area contributed by atoms with E-state index in [0.29, 0.717) is 19.3 Å². The fraction of sp³-hybridized carbons (Fsp3) is 0.769. The largest absolute Gasteiger partial charge is 0.444 e. The maximum atomic E-state index is 13.7. The fourth-order valence-electron chi connectivity index (χ4n) is 5.27. The van der Waals surface area contributed by atoms with Crippen molar-refractivity contribution in [3.63, 3.8) is 0 Å². The number of carbonyl (C=O) groups is 4. The number of hydrogen-bond acceptors (Lipinski definition) is 8. The number of fused-ring (bicyclic) bond motifs is 2. The summed E-state index contributed by atoms with van der Waals surface area (Å²) in [5.74, 6) is -2.13. The summed E-state index contributed by atoms with van der Waals surface area (Å²) >= 11 is 0. The zero-order chi connectivity index (χ0) is 28.6. The molecule has 0 aromatic rings. The van der Waals surface area contributed by atoms with E-state index in [1.54, 1.807) is 20.8 Å². The third kappa shape index (κ3) is 7.10. The highest BCUT2D eigenvalue weighted by Gasteiger charge is 2.62. The van der Waals surface area contributed by atoms with Gasteiger partial charge in [0.1, 0.15) is 17.2 Å². The topological polar surface area (TPSA) is 177 Å². The van der Waals surface area contributed by atoms with Gasteiger partial charge in [0, 0.05) is 12.5 Å². The van der Waals surface area contributed by atoms with Gasteiger partial charge in [-0.25, -0.2) is 13.2 Å². The molecule has 0 radical (unpaired) electrons. The molecule has 13 heteroatoms. The summed E-state index contributed by atoms with van der Waals surface area (Å²) in [7, 11) is -3.82. The van der Waals surface area contributed by atoms with Crippen molar-refractivity contribution in [1.82, 2.24) is 20.3 Å². The molecule has 5 atom stereocenters. The van der Waals surface area contributed by atoms with Crippen LogP contribution in [0.3, 0.4) is 0 Å². The minimum atomic E-state index is -3.82. The number of carbonyl (C=O) groups excluding carboxylic acids is 4. The maximum absolute atomic E-state index is 13.7. The van der Waals surface area contributed by atoms with Crippen LogP contribution < -0.4 is 21.1 Å². The molecule has 1 saturated heterocycles. The van der Waals surface area contributed by atoms with Gasteiger partial charge in [0.2, 0.25) is 21.8 Å². The molecule has 0 spiro atoms. The minimum Gasteiger partial charge on any atom is -0.444 e. The first kappa shape index (κ1) is 29.3. The van der Waals surface area contributed by atoms with Gasteiger partial charge in [0.05, 0.1) is 17.3 Å². The summed E-state index contributed by atoms with van der Waals surface area (Å²) in [5, 5.41) is 4.93. The molecule has 39 heavy (non-hydrogen) atoms. The van der Waals surface area contributed by atoms with Gasteiger partial charge in [0.15, 0.2) is 0 Å². The summed E-state index contributed by atoms with van der Waals surface area (Å²) in [6, 6.07) is -2.38. The molecule has 0 aromatic heterocycles. The fourth-order valence-corrected chi connectivity index (χ4v) is 6.64. The van der Waals surface area contributed by atoms with E-state index >= 15 is 0 Å². The molecule has 4 aliphatic rings. The molecule has 0 bridgehead atoms. The molecule has 2 heterocycles. The highest BCUT2D eigenvalue weighted by molar-refractivity contribution is 7.91. The van der Waals surface area contributed by atoms with Crippen LogP contribution in [0.5, 0.6) is 0 Å². The zero-order valence-corrected chi connectivity index (χ0v) is 23.7. The van der Waals surface area contributed by atoms with E-state index in [1.807, 2.05) is 12.2 Å². The van der Waals surface area contributed by atoms with Crippen molar-refractivity contribution in [2.45, 2.75) is 113 Å². The highest BCUT2D eigenvalue weighted by Crippen LogP contribution is 2.46. The molecule has 3 fully saturated rings. The van der Waals surface area contributed by atoms with Crippen molar-refractivity contribution in [1.29, 1.82) is 0 Å². The number of allylic oxidation sites excluding steroid dienone is 1. The van der Waals surface area contributed by atoms with Crippen molar-refractivity contribution in [3.8, 4) is 0 Å². The highest BCUT2D eigenvalue weighted by atomic mass is 32.2. The monoisotopic (exact) mass is 567 g/mol. The van der Waals surface area contributed by atoms with E-state index in [-0.39, 0.29) is 25.3 Å². The standard InChI is InChI=1S/C26H41N5O7S/c1-25(2,3)38-24(35)28-17-13-20-21(32)29-26(23(34)30-39(36,37)18-11-12-18)14-16(26)9-7-5-4-6-8-10-19(27)22(33)31(20)15-17/h7,9,16-20H,4-6,8,10-15,27H2,1-3H3,(H,28,35)(H,29,32)(H,30,34)/b9-7-/t16-,17-,19+,20+,26-/m1/s1. The molecule has 2 aliphatic heterocycles. The molecule has 2 aliphatic carbocycles. The molecular weight excluding hydrogens is 526 g/mol. The average molecular weight is 568 g/mol. The van der Waals surface area contributed by atoms with Crippen LogP contribution in [0.2, 0.25) is 0 Å². The van der Waals surface area contributed by atoms with Gasteiger partial charge in [0.25, 0.3) is 5.91 Å². The van der Waals surface area contributed by atoms with Crippen LogP contribution in [0.1, 0.15) is 78.6 Å². The lowest BCUT2D eigenvalue weighted by Gasteiger charge is -2.28. The Hall–Kier alpha value is -2.67. The Morgan fingerprint density at radius 2 is 1.87 bits per heavy atom. The number of rotatable bonds is 4. The van der Waals surface area contributed by atoms with Gasteiger partial charge in [-0.05, 0) is 65.7 Å². The van der Waals surface area contributed by atoms with Crippen LogP contribution >= 0.6 is 0 Å². The minimum absolute atomic E-state index is 0.0580. The van der Waals surface area contributed by atoms with Crippen molar-refractivity contribution in [2.24, 2.45) is 11.7 Å². The van der Waals surface area contributed by atoms with E-state index in [4.69, 9.17) is 10.5 Å².